The Bertz CT molecular complexity index is 402. The third-order valence-corrected chi connectivity index (χ3v) is 3.68. The van der Waals surface area contributed by atoms with E-state index in [2.05, 4.69) is 50.3 Å². The van der Waals surface area contributed by atoms with Crippen LogP contribution in [0.25, 0.3) is 0 Å². The molecule has 1 fully saturated rings. The van der Waals surface area contributed by atoms with Crippen molar-refractivity contribution in [3.8, 4) is 0 Å². The van der Waals surface area contributed by atoms with E-state index < -0.39 is 0 Å². The van der Waals surface area contributed by atoms with Gasteiger partial charge in [-0.25, -0.2) is 0 Å². The molecule has 0 nitrogen and oxygen atoms in total. The van der Waals surface area contributed by atoms with Crippen molar-refractivity contribution in [3.05, 3.63) is 66.2 Å². The van der Waals surface area contributed by atoms with Crippen LogP contribution >= 0.6 is 0 Å². The monoisotopic (exact) mass is 225 g/mol. The van der Waals surface area contributed by atoms with Crippen molar-refractivity contribution in [2.75, 3.05) is 0 Å². The summed E-state index contributed by atoms with van der Waals surface area (Å²) in [5.74, 6) is 0.828. The Kier molecular flexibility index (Phi) is 4.19. The Hall–Kier alpha value is -1.30. The zero-order valence-electron chi connectivity index (χ0n) is 10.7. The van der Waals surface area contributed by atoms with E-state index >= 15 is 0 Å². The van der Waals surface area contributed by atoms with Crippen LogP contribution in [-0.4, -0.2) is 0 Å². The summed E-state index contributed by atoms with van der Waals surface area (Å²) in [4.78, 5) is 0. The fourth-order valence-electron chi connectivity index (χ4n) is 2.60. The van der Waals surface area contributed by atoms with E-state index in [0.717, 1.165) is 11.5 Å². The summed E-state index contributed by atoms with van der Waals surface area (Å²) >= 11 is 0. The van der Waals surface area contributed by atoms with Gasteiger partial charge in [-0.3, -0.25) is 0 Å². The van der Waals surface area contributed by atoms with Crippen molar-refractivity contribution < 1.29 is 0 Å². The van der Waals surface area contributed by atoms with Crippen LogP contribution in [0, 0.1) is 12.3 Å². The third kappa shape index (κ3) is 3.09. The Labute approximate surface area is 105 Å². The van der Waals surface area contributed by atoms with Crippen LogP contribution in [-0.2, 0) is 0 Å². The molecule has 0 aliphatic heterocycles. The van der Waals surface area contributed by atoms with Crippen molar-refractivity contribution in [2.45, 2.75) is 32.6 Å². The van der Waals surface area contributed by atoms with Gasteiger partial charge in [0, 0.05) is 6.42 Å². The molecule has 2 aliphatic carbocycles. The van der Waals surface area contributed by atoms with E-state index in [4.69, 9.17) is 0 Å². The summed E-state index contributed by atoms with van der Waals surface area (Å²) in [6.45, 7) is 6.32. The first-order chi connectivity index (χ1) is 8.31. The molecule has 2 aliphatic rings. The molecule has 0 saturated heterocycles. The van der Waals surface area contributed by atoms with Crippen LogP contribution in [0.15, 0.2) is 59.8 Å². The maximum Gasteiger partial charge on any atom is 0.0125 e. The molecule has 1 saturated carbocycles. The molecule has 0 heteroatoms. The summed E-state index contributed by atoms with van der Waals surface area (Å²) in [5.41, 5.74) is 3.95. The third-order valence-electron chi connectivity index (χ3n) is 3.68. The highest BCUT2D eigenvalue weighted by molar-refractivity contribution is 5.50. The minimum atomic E-state index is 0.828. The van der Waals surface area contributed by atoms with Crippen molar-refractivity contribution in [1.82, 2.24) is 0 Å². The largest absolute Gasteiger partial charge is 0.0946 e. The molecule has 0 N–H and O–H groups in total. The van der Waals surface area contributed by atoms with Gasteiger partial charge in [0.05, 0.1) is 0 Å². The molecule has 0 heterocycles. The van der Waals surface area contributed by atoms with E-state index in [0.29, 0.717) is 0 Å². The Morgan fingerprint density at radius 2 is 2.29 bits per heavy atom. The molecular formula is C17H21. The van der Waals surface area contributed by atoms with E-state index in [9.17, 15) is 0 Å². The van der Waals surface area contributed by atoms with Gasteiger partial charge in [0.2, 0.25) is 0 Å². The Morgan fingerprint density at radius 3 is 3.06 bits per heavy atom. The zero-order chi connectivity index (χ0) is 12.1. The van der Waals surface area contributed by atoms with Crippen LogP contribution < -0.4 is 0 Å². The van der Waals surface area contributed by atoms with Crippen molar-refractivity contribution in [3.63, 3.8) is 0 Å². The van der Waals surface area contributed by atoms with Crippen molar-refractivity contribution >= 4 is 0 Å². The molecule has 1 atom stereocenters. The van der Waals surface area contributed by atoms with Gasteiger partial charge in [0.15, 0.2) is 0 Å². The second-order valence-corrected chi connectivity index (χ2v) is 4.80. The molecule has 0 aromatic rings. The smallest absolute Gasteiger partial charge is 0.0125 e. The highest BCUT2D eigenvalue weighted by Gasteiger charge is 2.17. The van der Waals surface area contributed by atoms with Crippen LogP contribution in [0.3, 0.4) is 0 Å². The van der Waals surface area contributed by atoms with Gasteiger partial charge in [0.25, 0.3) is 0 Å². The Balaban J connectivity index is 2.01. The van der Waals surface area contributed by atoms with Crippen LogP contribution in [0.4, 0.5) is 0 Å². The number of rotatable bonds is 3. The highest BCUT2D eigenvalue weighted by Crippen LogP contribution is 2.33. The first-order valence-electron chi connectivity index (χ1n) is 6.59. The van der Waals surface area contributed by atoms with Crippen LogP contribution in [0.5, 0.6) is 0 Å². The minimum absolute atomic E-state index is 0.828. The molecule has 2 rings (SSSR count). The molecule has 0 aromatic carbocycles. The number of allylic oxidation sites excluding steroid dienone is 9. The van der Waals surface area contributed by atoms with Gasteiger partial charge in [-0.1, -0.05) is 55.5 Å². The predicted molar refractivity (Wildman–Crippen MR) is 75.5 cm³/mol. The van der Waals surface area contributed by atoms with Gasteiger partial charge in [-0.2, -0.15) is 0 Å². The maximum absolute atomic E-state index is 4.03. The molecule has 1 radical (unpaired) electrons. The summed E-state index contributed by atoms with van der Waals surface area (Å²) in [7, 11) is 0. The van der Waals surface area contributed by atoms with Gasteiger partial charge in [-0.15, -0.1) is 0 Å². The fourth-order valence-corrected chi connectivity index (χ4v) is 2.60. The molecule has 0 amide bonds. The lowest BCUT2D eigenvalue weighted by Crippen LogP contribution is -1.93. The lowest BCUT2D eigenvalue weighted by atomic mass is 9.97. The molecule has 0 bridgehead atoms. The normalized spacial score (nSPS) is 27.1. The number of hydrogen-bond acceptors (Lipinski definition) is 0. The van der Waals surface area contributed by atoms with Gasteiger partial charge < -0.3 is 0 Å². The first-order valence-corrected chi connectivity index (χ1v) is 6.59. The second kappa shape index (κ2) is 5.86. The second-order valence-electron chi connectivity index (χ2n) is 4.80. The summed E-state index contributed by atoms with van der Waals surface area (Å²) < 4.78 is 0. The number of hydrogen-bond donors (Lipinski definition) is 0. The molecule has 0 spiro atoms. The van der Waals surface area contributed by atoms with Gasteiger partial charge in [-0.05, 0) is 42.7 Å². The van der Waals surface area contributed by atoms with Crippen molar-refractivity contribution in [1.29, 1.82) is 0 Å². The molecule has 89 valence electrons. The molecular weight excluding hydrogens is 204 g/mol. The molecule has 17 heavy (non-hydrogen) atoms. The quantitative estimate of drug-likeness (QED) is 0.638. The highest BCUT2D eigenvalue weighted by atomic mass is 14.2. The lowest BCUT2D eigenvalue weighted by Gasteiger charge is -2.08. The first kappa shape index (κ1) is 12.2. The average Bonchev–Trinajstić information content (AvgIpc) is 2.79. The molecule has 0 aromatic heterocycles. The minimum Gasteiger partial charge on any atom is -0.0946 e. The van der Waals surface area contributed by atoms with E-state index in [1.807, 2.05) is 6.08 Å². The average molecular weight is 225 g/mol. The van der Waals surface area contributed by atoms with E-state index in [1.54, 1.807) is 5.57 Å². The molecule has 1 unspecified atom stereocenters. The summed E-state index contributed by atoms with van der Waals surface area (Å²) in [6, 6.07) is 0. The van der Waals surface area contributed by atoms with Crippen molar-refractivity contribution in [2.24, 2.45) is 5.92 Å². The maximum atomic E-state index is 4.03. The predicted octanol–water partition coefficient (Wildman–Crippen LogP) is 4.94. The van der Waals surface area contributed by atoms with Gasteiger partial charge >= 0.3 is 0 Å². The fraction of sp³-hybridized carbons (Fsp3) is 0.353. The standard InChI is InChI=1S/C17H21/c1-3-15-10-6-12-17(15)13-7-11-16-9-5-4-8-14(16)2/h4-5,7-9,11,13,15H,2-3,6,10,12H2,1H3/b11-7-,17-13-. The zero-order valence-corrected chi connectivity index (χ0v) is 10.7. The SMILES string of the molecule is C=C1[CH]C=CC=C1/C=C\C=C1\CCCC1CC. The van der Waals surface area contributed by atoms with Crippen LogP contribution in [0.1, 0.15) is 32.6 Å². The lowest BCUT2D eigenvalue weighted by molar-refractivity contribution is 0.606. The van der Waals surface area contributed by atoms with E-state index in [1.165, 1.54) is 31.3 Å². The Morgan fingerprint density at radius 1 is 1.41 bits per heavy atom. The topological polar surface area (TPSA) is 0 Å². The van der Waals surface area contributed by atoms with Gasteiger partial charge in [0.1, 0.15) is 0 Å². The summed E-state index contributed by atoms with van der Waals surface area (Å²) in [6.07, 6.45) is 20.2. The summed E-state index contributed by atoms with van der Waals surface area (Å²) in [5, 5.41) is 0. The van der Waals surface area contributed by atoms with E-state index in [-0.39, 0.29) is 0 Å². The van der Waals surface area contributed by atoms with Crippen LogP contribution in [0.2, 0.25) is 0 Å².